The third kappa shape index (κ3) is 5.17. The maximum absolute atomic E-state index is 11.4. The van der Waals surface area contributed by atoms with Gasteiger partial charge in [-0.25, -0.2) is 4.79 Å². The van der Waals surface area contributed by atoms with Crippen LogP contribution in [0.3, 0.4) is 0 Å². The minimum absolute atomic E-state index is 0.191. The van der Waals surface area contributed by atoms with Gasteiger partial charge in [-0.2, -0.15) is 0 Å². The third-order valence-corrected chi connectivity index (χ3v) is 2.91. The molecule has 0 aromatic carbocycles. The van der Waals surface area contributed by atoms with Crippen LogP contribution in [0.4, 0.5) is 0 Å². The molecule has 0 saturated heterocycles. The highest BCUT2D eigenvalue weighted by molar-refractivity contribution is 5.83. The summed E-state index contributed by atoms with van der Waals surface area (Å²) in [5.41, 5.74) is 0. The summed E-state index contributed by atoms with van der Waals surface area (Å²) in [7, 11) is 1.30. The second-order valence-electron chi connectivity index (χ2n) is 4.37. The summed E-state index contributed by atoms with van der Waals surface area (Å²) in [5, 5.41) is 2.53. The van der Waals surface area contributed by atoms with Crippen molar-refractivity contribution in [1.29, 1.82) is 0 Å². The molecule has 1 atom stereocenters. The van der Waals surface area contributed by atoms with E-state index in [0.29, 0.717) is 0 Å². The zero-order chi connectivity index (χ0) is 12.7. The van der Waals surface area contributed by atoms with E-state index >= 15 is 0 Å². The number of esters is 1. The molecule has 0 radical (unpaired) electrons. The Morgan fingerprint density at radius 2 is 1.94 bits per heavy atom. The molecule has 1 N–H and O–H groups in total. The number of amides is 1. The molecule has 1 fully saturated rings. The summed E-state index contributed by atoms with van der Waals surface area (Å²) in [6, 6.07) is -0.695. The van der Waals surface area contributed by atoms with Gasteiger partial charge in [0, 0.05) is 6.92 Å². The van der Waals surface area contributed by atoms with E-state index in [0.717, 1.165) is 12.8 Å². The smallest absolute Gasteiger partial charge is 0.330 e. The quantitative estimate of drug-likeness (QED) is 0.732. The van der Waals surface area contributed by atoms with E-state index in [9.17, 15) is 9.59 Å². The van der Waals surface area contributed by atoms with Gasteiger partial charge in [0.1, 0.15) is 0 Å². The molecular formula is C12H21NO4. The van der Waals surface area contributed by atoms with Gasteiger partial charge in [0.15, 0.2) is 6.04 Å². The van der Waals surface area contributed by atoms with E-state index in [1.54, 1.807) is 0 Å². The summed E-state index contributed by atoms with van der Waals surface area (Å²) in [5.74, 6) is -0.719. The first-order chi connectivity index (χ1) is 8.13. The average Bonchev–Trinajstić information content (AvgIpc) is 2.34. The lowest BCUT2D eigenvalue weighted by atomic mass is 9.98. The van der Waals surface area contributed by atoms with Gasteiger partial charge >= 0.3 is 5.97 Å². The second-order valence-corrected chi connectivity index (χ2v) is 4.37. The van der Waals surface area contributed by atoms with Crippen molar-refractivity contribution in [2.75, 3.05) is 13.7 Å². The highest BCUT2D eigenvalue weighted by Crippen LogP contribution is 2.20. The van der Waals surface area contributed by atoms with Crippen molar-refractivity contribution in [2.45, 2.75) is 51.2 Å². The Kier molecular flexibility index (Phi) is 5.97. The Labute approximate surface area is 102 Å². The topological polar surface area (TPSA) is 64.6 Å². The molecule has 1 amide bonds. The van der Waals surface area contributed by atoms with Gasteiger partial charge in [-0.05, 0) is 12.8 Å². The molecule has 17 heavy (non-hydrogen) atoms. The molecular weight excluding hydrogens is 222 g/mol. The molecule has 0 heterocycles. The Morgan fingerprint density at radius 1 is 1.29 bits per heavy atom. The van der Waals surface area contributed by atoms with Gasteiger partial charge in [0.2, 0.25) is 5.91 Å². The van der Waals surface area contributed by atoms with Crippen LogP contribution in [0, 0.1) is 0 Å². The third-order valence-electron chi connectivity index (χ3n) is 2.91. The van der Waals surface area contributed by atoms with Crippen LogP contribution in [0.5, 0.6) is 0 Å². The fourth-order valence-electron chi connectivity index (χ4n) is 2.02. The number of ether oxygens (including phenoxy) is 2. The van der Waals surface area contributed by atoms with E-state index in [-0.39, 0.29) is 18.6 Å². The number of nitrogens with one attached hydrogen (secondary N) is 1. The lowest BCUT2D eigenvalue weighted by Crippen LogP contribution is -2.44. The van der Waals surface area contributed by atoms with Crippen LogP contribution in [0.1, 0.15) is 39.0 Å². The normalized spacial score (nSPS) is 18.5. The standard InChI is InChI=1S/C12H21NO4/c1-9(14)13-11(12(15)16-2)8-17-10-6-4-3-5-7-10/h10-11H,3-8H2,1-2H3,(H,13,14). The van der Waals surface area contributed by atoms with Crippen LogP contribution in [-0.2, 0) is 19.1 Å². The maximum Gasteiger partial charge on any atom is 0.330 e. The number of hydrogen-bond donors (Lipinski definition) is 1. The fourth-order valence-corrected chi connectivity index (χ4v) is 2.02. The summed E-state index contributed by atoms with van der Waals surface area (Å²) >= 11 is 0. The van der Waals surface area contributed by atoms with Crippen molar-refractivity contribution in [3.05, 3.63) is 0 Å². The molecule has 1 unspecified atom stereocenters. The van der Waals surface area contributed by atoms with Gasteiger partial charge in [-0.15, -0.1) is 0 Å². The number of carbonyl (C=O) groups is 2. The van der Waals surface area contributed by atoms with Crippen molar-refractivity contribution in [3.63, 3.8) is 0 Å². The Balaban J connectivity index is 2.36. The number of methoxy groups -OCH3 is 1. The van der Waals surface area contributed by atoms with Crippen molar-refractivity contribution >= 4 is 11.9 Å². The lowest BCUT2D eigenvalue weighted by Gasteiger charge is -2.24. The molecule has 1 rings (SSSR count). The van der Waals surface area contributed by atoms with Gasteiger partial charge in [0.05, 0.1) is 19.8 Å². The summed E-state index contributed by atoms with van der Waals surface area (Å²) in [6.45, 7) is 1.56. The number of carbonyl (C=O) groups excluding carboxylic acids is 2. The second kappa shape index (κ2) is 7.27. The van der Waals surface area contributed by atoms with E-state index in [1.807, 2.05) is 0 Å². The van der Waals surface area contributed by atoms with Crippen molar-refractivity contribution < 1.29 is 19.1 Å². The number of hydrogen-bond acceptors (Lipinski definition) is 4. The minimum Gasteiger partial charge on any atom is -0.467 e. The Hall–Kier alpha value is -1.10. The highest BCUT2D eigenvalue weighted by atomic mass is 16.5. The average molecular weight is 243 g/mol. The lowest BCUT2D eigenvalue weighted by molar-refractivity contribution is -0.147. The molecule has 1 aliphatic carbocycles. The fraction of sp³-hybridized carbons (Fsp3) is 0.833. The van der Waals surface area contributed by atoms with Crippen LogP contribution >= 0.6 is 0 Å². The molecule has 0 aromatic heterocycles. The first-order valence-corrected chi connectivity index (χ1v) is 6.10. The zero-order valence-corrected chi connectivity index (χ0v) is 10.5. The summed E-state index contributed by atoms with van der Waals surface area (Å²) in [6.07, 6.45) is 5.89. The molecule has 0 aromatic rings. The zero-order valence-electron chi connectivity index (χ0n) is 10.5. The number of rotatable bonds is 5. The summed E-state index contributed by atoms with van der Waals surface area (Å²) < 4.78 is 10.3. The van der Waals surface area contributed by atoms with Crippen LogP contribution in [-0.4, -0.2) is 37.7 Å². The molecule has 1 aliphatic rings. The maximum atomic E-state index is 11.4. The predicted octanol–water partition coefficient (Wildman–Crippen LogP) is 1.01. The van der Waals surface area contributed by atoms with Crippen molar-refractivity contribution in [2.24, 2.45) is 0 Å². The van der Waals surface area contributed by atoms with E-state index in [1.165, 1.54) is 33.3 Å². The van der Waals surface area contributed by atoms with E-state index < -0.39 is 12.0 Å². The van der Waals surface area contributed by atoms with Gasteiger partial charge in [-0.3, -0.25) is 4.79 Å². The van der Waals surface area contributed by atoms with Crippen LogP contribution in [0.2, 0.25) is 0 Å². The van der Waals surface area contributed by atoms with Crippen molar-refractivity contribution in [3.8, 4) is 0 Å². The first kappa shape index (κ1) is 14.0. The van der Waals surface area contributed by atoms with Gasteiger partial charge in [0.25, 0.3) is 0 Å². The first-order valence-electron chi connectivity index (χ1n) is 6.10. The van der Waals surface area contributed by atoms with E-state index in [2.05, 4.69) is 10.1 Å². The van der Waals surface area contributed by atoms with E-state index in [4.69, 9.17) is 4.74 Å². The molecule has 0 bridgehead atoms. The molecule has 5 nitrogen and oxygen atoms in total. The minimum atomic E-state index is -0.695. The van der Waals surface area contributed by atoms with Crippen LogP contribution in [0.25, 0.3) is 0 Å². The highest BCUT2D eigenvalue weighted by Gasteiger charge is 2.23. The largest absolute Gasteiger partial charge is 0.467 e. The molecule has 5 heteroatoms. The van der Waals surface area contributed by atoms with Gasteiger partial charge in [-0.1, -0.05) is 19.3 Å². The Morgan fingerprint density at radius 3 is 2.47 bits per heavy atom. The molecule has 98 valence electrons. The summed E-state index contributed by atoms with van der Waals surface area (Å²) in [4.78, 5) is 22.4. The predicted molar refractivity (Wildman–Crippen MR) is 62.4 cm³/mol. The SMILES string of the molecule is COC(=O)C(COC1CCCCC1)NC(C)=O. The molecule has 0 aliphatic heterocycles. The Bertz CT molecular complexity index is 261. The van der Waals surface area contributed by atoms with Crippen LogP contribution < -0.4 is 5.32 Å². The van der Waals surface area contributed by atoms with Crippen LogP contribution in [0.15, 0.2) is 0 Å². The molecule has 0 spiro atoms. The van der Waals surface area contributed by atoms with Gasteiger partial charge < -0.3 is 14.8 Å². The van der Waals surface area contributed by atoms with Crippen molar-refractivity contribution in [1.82, 2.24) is 5.32 Å². The molecule has 1 saturated carbocycles. The monoisotopic (exact) mass is 243 g/mol.